The van der Waals surface area contributed by atoms with Crippen molar-refractivity contribution in [3.63, 3.8) is 0 Å². The van der Waals surface area contributed by atoms with Crippen LogP contribution in [-0.4, -0.2) is 59.6 Å². The highest BCUT2D eigenvalue weighted by Crippen LogP contribution is 2.38. The zero-order valence-corrected chi connectivity index (χ0v) is 17.0. The summed E-state index contributed by atoms with van der Waals surface area (Å²) < 4.78 is 0. The smallest absolute Gasteiger partial charge is 0.351 e. The number of rotatable bonds is 6. The van der Waals surface area contributed by atoms with Crippen LogP contribution in [0.5, 0.6) is 0 Å². The lowest BCUT2D eigenvalue weighted by molar-refractivity contribution is -0.383. The molecule has 1 aliphatic rings. The fourth-order valence-electron chi connectivity index (χ4n) is 3.79. The molecule has 0 aliphatic carbocycles. The monoisotopic (exact) mass is 384 g/mol. The van der Waals surface area contributed by atoms with E-state index in [9.17, 15) is 10.1 Å². The highest BCUT2D eigenvalue weighted by molar-refractivity contribution is 5.76. The normalized spacial score (nSPS) is 15.4. The first-order valence-electron chi connectivity index (χ1n) is 9.67. The molecule has 1 aromatic carbocycles. The minimum Gasteiger partial charge on any atom is -0.351 e. The molecule has 28 heavy (non-hydrogen) atoms. The Morgan fingerprint density at radius 2 is 1.93 bits per heavy atom. The van der Waals surface area contributed by atoms with Crippen molar-refractivity contribution in [1.29, 1.82) is 0 Å². The van der Waals surface area contributed by atoms with Crippen molar-refractivity contribution in [2.75, 3.05) is 43.5 Å². The number of piperidine rings is 1. The molecule has 0 bridgehead atoms. The predicted molar refractivity (Wildman–Crippen MR) is 111 cm³/mol. The molecular formula is C20H28N6O2. The van der Waals surface area contributed by atoms with Crippen molar-refractivity contribution in [2.24, 2.45) is 0 Å². The maximum atomic E-state index is 12.1. The number of hydrogen-bond acceptors (Lipinski definition) is 7. The minimum absolute atomic E-state index is 0.0349. The lowest BCUT2D eigenvalue weighted by Crippen LogP contribution is -2.42. The average Bonchev–Trinajstić information content (AvgIpc) is 2.68. The third-order valence-corrected chi connectivity index (χ3v) is 5.42. The van der Waals surface area contributed by atoms with E-state index in [1.54, 1.807) is 0 Å². The molecule has 2 heterocycles. The summed E-state index contributed by atoms with van der Waals surface area (Å²) in [6.45, 7) is 6.49. The highest BCUT2D eigenvalue weighted by atomic mass is 16.6. The van der Waals surface area contributed by atoms with Gasteiger partial charge in [-0.1, -0.05) is 12.1 Å². The van der Waals surface area contributed by atoms with Crippen molar-refractivity contribution >= 4 is 23.0 Å². The van der Waals surface area contributed by atoms with Crippen LogP contribution in [0.3, 0.4) is 0 Å². The van der Waals surface area contributed by atoms with Gasteiger partial charge < -0.3 is 14.7 Å². The predicted octanol–water partition coefficient (Wildman–Crippen LogP) is 3.38. The Kier molecular flexibility index (Phi) is 6.08. The van der Waals surface area contributed by atoms with Gasteiger partial charge in [-0.25, -0.2) is 9.97 Å². The van der Waals surface area contributed by atoms with Gasteiger partial charge in [0.05, 0.1) is 4.92 Å². The second-order valence-electron chi connectivity index (χ2n) is 7.36. The van der Waals surface area contributed by atoms with Gasteiger partial charge in [0.2, 0.25) is 11.6 Å². The van der Waals surface area contributed by atoms with Gasteiger partial charge in [-0.3, -0.25) is 10.1 Å². The maximum Gasteiger partial charge on any atom is 0.353 e. The van der Waals surface area contributed by atoms with Crippen LogP contribution in [0.25, 0.3) is 0 Å². The molecule has 8 nitrogen and oxygen atoms in total. The van der Waals surface area contributed by atoms with Crippen LogP contribution in [0, 0.1) is 17.0 Å². The summed E-state index contributed by atoms with van der Waals surface area (Å²) in [6.07, 6.45) is 3.35. The Labute approximate surface area is 166 Å². The van der Waals surface area contributed by atoms with Crippen molar-refractivity contribution < 1.29 is 4.92 Å². The summed E-state index contributed by atoms with van der Waals surface area (Å²) in [7, 11) is 4.00. The van der Waals surface area contributed by atoms with Crippen LogP contribution in [0.1, 0.15) is 25.3 Å². The van der Waals surface area contributed by atoms with Crippen LogP contribution in [-0.2, 0) is 0 Å². The molecule has 0 amide bonds. The van der Waals surface area contributed by atoms with Gasteiger partial charge in [0.1, 0.15) is 6.33 Å². The van der Waals surface area contributed by atoms with Crippen LogP contribution in [0.2, 0.25) is 0 Å². The quantitative estimate of drug-likeness (QED) is 0.558. The van der Waals surface area contributed by atoms with Gasteiger partial charge in [-0.15, -0.1) is 0 Å². The van der Waals surface area contributed by atoms with Crippen molar-refractivity contribution in [1.82, 2.24) is 14.9 Å². The number of aromatic nitrogens is 2. The minimum atomic E-state index is -0.353. The molecule has 0 unspecified atom stereocenters. The number of aryl methyl sites for hydroxylation is 1. The van der Waals surface area contributed by atoms with Gasteiger partial charge in [-0.05, 0) is 64.5 Å². The summed E-state index contributed by atoms with van der Waals surface area (Å²) in [6, 6.07) is 8.14. The fraction of sp³-hybridized carbons (Fsp3) is 0.500. The first-order chi connectivity index (χ1) is 13.4. The fourth-order valence-corrected chi connectivity index (χ4v) is 3.79. The van der Waals surface area contributed by atoms with Crippen LogP contribution in [0.15, 0.2) is 30.6 Å². The third-order valence-electron chi connectivity index (χ3n) is 5.42. The molecule has 1 saturated heterocycles. The average molecular weight is 384 g/mol. The molecule has 3 rings (SSSR count). The number of nitrogens with zero attached hydrogens (tertiary/aromatic N) is 6. The second-order valence-corrected chi connectivity index (χ2v) is 7.36. The first kappa shape index (κ1) is 20.0. The molecule has 0 atom stereocenters. The second kappa shape index (κ2) is 8.52. The van der Waals surface area contributed by atoms with E-state index in [0.717, 1.165) is 37.2 Å². The van der Waals surface area contributed by atoms with Gasteiger partial charge in [0.15, 0.2) is 0 Å². The van der Waals surface area contributed by atoms with E-state index in [1.807, 2.05) is 55.0 Å². The van der Waals surface area contributed by atoms with E-state index >= 15 is 0 Å². The van der Waals surface area contributed by atoms with Crippen molar-refractivity contribution in [2.45, 2.75) is 32.7 Å². The zero-order valence-electron chi connectivity index (χ0n) is 17.0. The summed E-state index contributed by atoms with van der Waals surface area (Å²) >= 11 is 0. The van der Waals surface area contributed by atoms with E-state index in [2.05, 4.69) is 21.9 Å². The molecule has 1 fully saturated rings. The largest absolute Gasteiger partial charge is 0.353 e. The van der Waals surface area contributed by atoms with Crippen LogP contribution >= 0.6 is 0 Å². The molecule has 0 radical (unpaired) electrons. The van der Waals surface area contributed by atoms with Crippen molar-refractivity contribution in [3.05, 3.63) is 46.3 Å². The molecule has 8 heteroatoms. The summed E-state index contributed by atoms with van der Waals surface area (Å²) in [5.74, 6) is 0.721. The molecule has 150 valence electrons. The molecule has 0 spiro atoms. The number of likely N-dealkylation sites (tertiary alicyclic amines) is 1. The molecule has 0 N–H and O–H groups in total. The lowest BCUT2D eigenvalue weighted by Gasteiger charge is -2.35. The maximum absolute atomic E-state index is 12.1. The Hall–Kier alpha value is -2.74. The molecular weight excluding hydrogens is 356 g/mol. The lowest BCUT2D eigenvalue weighted by atomic mass is 10.0. The van der Waals surface area contributed by atoms with E-state index in [1.165, 1.54) is 6.33 Å². The first-order valence-corrected chi connectivity index (χ1v) is 9.67. The van der Waals surface area contributed by atoms with Gasteiger partial charge in [0.25, 0.3) is 0 Å². The van der Waals surface area contributed by atoms with Crippen LogP contribution in [0.4, 0.5) is 23.0 Å². The standard InChI is InChI=1S/C20H28N6O2/c1-5-25(17-8-6-7-15(2)13-17)20-18(26(27)28)19(21-14-22-20)24(4)16-9-11-23(3)12-10-16/h6-8,13-14,16H,5,9-12H2,1-4H3. The SMILES string of the molecule is CCN(c1cccc(C)c1)c1ncnc(N(C)C2CCN(C)CC2)c1[N+](=O)[O-]. The Morgan fingerprint density at radius 1 is 1.25 bits per heavy atom. The molecule has 0 saturated carbocycles. The highest BCUT2D eigenvalue weighted by Gasteiger charge is 2.32. The number of nitro groups is 1. The van der Waals surface area contributed by atoms with E-state index in [4.69, 9.17) is 0 Å². The summed E-state index contributed by atoms with van der Waals surface area (Å²) in [4.78, 5) is 26.5. The van der Waals surface area contributed by atoms with Crippen molar-refractivity contribution in [3.8, 4) is 0 Å². The van der Waals surface area contributed by atoms with E-state index in [0.29, 0.717) is 18.2 Å². The number of anilines is 3. The van der Waals surface area contributed by atoms with Crippen LogP contribution < -0.4 is 9.80 Å². The Balaban J connectivity index is 2.03. The zero-order chi connectivity index (χ0) is 20.3. The molecule has 1 aliphatic heterocycles. The van der Waals surface area contributed by atoms with Gasteiger partial charge in [0, 0.05) is 25.3 Å². The summed E-state index contributed by atoms with van der Waals surface area (Å²) in [5.41, 5.74) is 1.95. The summed E-state index contributed by atoms with van der Waals surface area (Å²) in [5, 5.41) is 12.1. The number of benzene rings is 1. The molecule has 1 aromatic heterocycles. The molecule has 2 aromatic rings. The van der Waals surface area contributed by atoms with E-state index < -0.39 is 0 Å². The Bertz CT molecular complexity index is 835. The van der Waals surface area contributed by atoms with Gasteiger partial charge >= 0.3 is 5.69 Å². The topological polar surface area (TPSA) is 78.6 Å². The Morgan fingerprint density at radius 3 is 2.54 bits per heavy atom. The number of hydrogen-bond donors (Lipinski definition) is 0. The van der Waals surface area contributed by atoms with E-state index in [-0.39, 0.29) is 16.7 Å². The van der Waals surface area contributed by atoms with Gasteiger partial charge in [-0.2, -0.15) is 0 Å². The third kappa shape index (κ3) is 4.06.